The number of para-hydroxylation sites is 1. The van der Waals surface area contributed by atoms with Gasteiger partial charge >= 0.3 is 5.97 Å². The number of halogens is 2. The molecule has 0 heterocycles. The van der Waals surface area contributed by atoms with Gasteiger partial charge in [-0.15, -0.1) is 0 Å². The van der Waals surface area contributed by atoms with Crippen LogP contribution in [0, 0.1) is 11.6 Å². The van der Waals surface area contributed by atoms with Crippen molar-refractivity contribution in [3.63, 3.8) is 0 Å². The van der Waals surface area contributed by atoms with Crippen molar-refractivity contribution in [2.75, 3.05) is 11.9 Å². The molecule has 30 heavy (non-hydrogen) atoms. The van der Waals surface area contributed by atoms with E-state index in [1.54, 1.807) is 30.3 Å². The molecular formula is C24H21F2NO3. The van der Waals surface area contributed by atoms with Crippen LogP contribution >= 0.6 is 0 Å². The second kappa shape index (κ2) is 9.78. The Morgan fingerprint density at radius 3 is 2.07 bits per heavy atom. The average Bonchev–Trinajstić information content (AvgIpc) is 2.75. The molecule has 0 aliphatic carbocycles. The highest BCUT2D eigenvalue weighted by Gasteiger charge is 2.29. The summed E-state index contributed by atoms with van der Waals surface area (Å²) in [7, 11) is 1.51. The number of ether oxygens (including phenoxy) is 1. The van der Waals surface area contributed by atoms with E-state index in [1.807, 2.05) is 30.3 Å². The van der Waals surface area contributed by atoms with E-state index in [-0.39, 0.29) is 12.0 Å². The van der Waals surface area contributed by atoms with Crippen molar-refractivity contribution < 1.29 is 23.1 Å². The molecule has 0 aliphatic heterocycles. The molecule has 0 N–H and O–H groups in total. The molecular weight excluding hydrogens is 388 g/mol. The van der Waals surface area contributed by atoms with Gasteiger partial charge in [0.25, 0.3) is 5.91 Å². The van der Waals surface area contributed by atoms with Crippen LogP contribution in [0.25, 0.3) is 0 Å². The maximum atomic E-state index is 13.8. The third kappa shape index (κ3) is 5.50. The van der Waals surface area contributed by atoms with E-state index in [9.17, 15) is 18.4 Å². The zero-order valence-corrected chi connectivity index (χ0v) is 16.4. The Morgan fingerprint density at radius 1 is 0.900 bits per heavy atom. The van der Waals surface area contributed by atoms with Crippen molar-refractivity contribution in [3.05, 3.63) is 102 Å². The lowest BCUT2D eigenvalue weighted by Gasteiger charge is -2.24. The number of hydrogen-bond donors (Lipinski definition) is 0. The Hall–Kier alpha value is -3.54. The Kier molecular flexibility index (Phi) is 6.91. The fourth-order valence-corrected chi connectivity index (χ4v) is 3.02. The molecule has 0 fully saturated rings. The maximum Gasteiger partial charge on any atom is 0.307 e. The lowest BCUT2D eigenvalue weighted by atomic mass is 10.1. The van der Waals surface area contributed by atoms with Crippen LogP contribution in [-0.4, -0.2) is 18.9 Å². The van der Waals surface area contributed by atoms with E-state index >= 15 is 0 Å². The Balaban J connectivity index is 1.81. The summed E-state index contributed by atoms with van der Waals surface area (Å²) in [5.74, 6) is -2.96. The molecule has 0 saturated carbocycles. The van der Waals surface area contributed by atoms with Gasteiger partial charge in [-0.1, -0.05) is 48.5 Å². The fourth-order valence-electron chi connectivity index (χ4n) is 3.02. The molecule has 3 rings (SSSR count). The van der Waals surface area contributed by atoms with Gasteiger partial charge in [0.15, 0.2) is 0 Å². The number of anilines is 1. The molecule has 0 saturated heterocycles. The van der Waals surface area contributed by atoms with Gasteiger partial charge in [0, 0.05) is 30.8 Å². The number of benzene rings is 3. The van der Waals surface area contributed by atoms with Gasteiger partial charge in [-0.2, -0.15) is 0 Å². The number of carbonyl (C=O) groups excluding carboxylic acids is 2. The standard InChI is InChI=1S/C24H21F2NO3/c1-27(21-10-6-3-7-11-21)24(29)23(18-14-19(25)16-20(26)15-18)30-22(28)13-12-17-8-4-2-5-9-17/h2-11,14-16,23H,12-13H2,1H3/t23-/m0/s1. The first kappa shape index (κ1) is 21.2. The van der Waals surface area contributed by atoms with Crippen molar-refractivity contribution in [1.82, 2.24) is 0 Å². The summed E-state index contributed by atoms with van der Waals surface area (Å²) in [6.07, 6.45) is -1.02. The predicted octanol–water partition coefficient (Wildman–Crippen LogP) is 4.84. The largest absolute Gasteiger partial charge is 0.447 e. The van der Waals surface area contributed by atoms with Crippen LogP contribution in [0.4, 0.5) is 14.5 Å². The van der Waals surface area contributed by atoms with Gasteiger partial charge in [0.2, 0.25) is 6.10 Å². The molecule has 0 radical (unpaired) electrons. The monoisotopic (exact) mass is 409 g/mol. The van der Waals surface area contributed by atoms with Gasteiger partial charge in [0.05, 0.1) is 0 Å². The number of amides is 1. The van der Waals surface area contributed by atoms with Crippen molar-refractivity contribution >= 4 is 17.6 Å². The maximum absolute atomic E-state index is 13.8. The highest BCUT2D eigenvalue weighted by molar-refractivity contribution is 5.97. The summed E-state index contributed by atoms with van der Waals surface area (Å²) < 4.78 is 33.0. The smallest absolute Gasteiger partial charge is 0.307 e. The second-order valence-corrected chi connectivity index (χ2v) is 6.79. The summed E-state index contributed by atoms with van der Waals surface area (Å²) in [5, 5.41) is 0. The van der Waals surface area contributed by atoms with Gasteiger partial charge < -0.3 is 9.64 Å². The molecule has 3 aromatic rings. The number of nitrogens with zero attached hydrogens (tertiary/aromatic N) is 1. The van der Waals surface area contributed by atoms with Crippen molar-refractivity contribution in [3.8, 4) is 0 Å². The minimum atomic E-state index is -1.47. The topological polar surface area (TPSA) is 46.6 Å². The molecule has 0 bridgehead atoms. The first-order valence-corrected chi connectivity index (χ1v) is 9.46. The SMILES string of the molecule is CN(C(=O)[C@@H](OC(=O)CCc1ccccc1)c1cc(F)cc(F)c1)c1ccccc1. The molecule has 1 amide bonds. The summed E-state index contributed by atoms with van der Waals surface area (Å²) >= 11 is 0. The number of likely N-dealkylation sites (N-methyl/N-ethyl adjacent to an activating group) is 1. The molecule has 3 aromatic carbocycles. The highest BCUT2D eigenvalue weighted by Crippen LogP contribution is 2.25. The molecule has 6 heteroatoms. The number of hydrogen-bond acceptors (Lipinski definition) is 3. The minimum absolute atomic E-state index is 0.0284. The van der Waals surface area contributed by atoms with Crippen LogP contribution in [0.5, 0.6) is 0 Å². The molecule has 4 nitrogen and oxygen atoms in total. The lowest BCUT2D eigenvalue weighted by molar-refractivity contribution is -0.155. The second-order valence-electron chi connectivity index (χ2n) is 6.79. The van der Waals surface area contributed by atoms with E-state index < -0.39 is 29.6 Å². The molecule has 1 atom stereocenters. The average molecular weight is 409 g/mol. The van der Waals surface area contributed by atoms with Crippen molar-refractivity contribution in [2.24, 2.45) is 0 Å². The Labute approximate surface area is 173 Å². The van der Waals surface area contributed by atoms with Crippen molar-refractivity contribution in [1.29, 1.82) is 0 Å². The normalized spacial score (nSPS) is 11.6. The number of aryl methyl sites for hydroxylation is 1. The first-order chi connectivity index (χ1) is 14.4. The van der Waals surface area contributed by atoms with Crippen LogP contribution in [0.2, 0.25) is 0 Å². The highest BCUT2D eigenvalue weighted by atomic mass is 19.1. The van der Waals surface area contributed by atoms with Crippen molar-refractivity contribution in [2.45, 2.75) is 18.9 Å². The minimum Gasteiger partial charge on any atom is -0.447 e. The van der Waals surface area contributed by atoms with Gasteiger partial charge in [0.1, 0.15) is 11.6 Å². The lowest BCUT2D eigenvalue weighted by Crippen LogP contribution is -2.34. The Morgan fingerprint density at radius 2 is 1.47 bits per heavy atom. The number of rotatable bonds is 7. The predicted molar refractivity (Wildman–Crippen MR) is 110 cm³/mol. The van der Waals surface area contributed by atoms with Crippen LogP contribution in [-0.2, 0) is 20.7 Å². The van der Waals surface area contributed by atoms with E-state index in [4.69, 9.17) is 4.74 Å². The summed E-state index contributed by atoms with van der Waals surface area (Å²) in [4.78, 5) is 26.8. The van der Waals surface area contributed by atoms with E-state index in [0.717, 1.165) is 17.7 Å². The zero-order valence-electron chi connectivity index (χ0n) is 16.4. The van der Waals surface area contributed by atoms with Crippen LogP contribution < -0.4 is 4.90 Å². The molecule has 0 unspecified atom stereocenters. The van der Waals surface area contributed by atoms with Gasteiger partial charge in [-0.3, -0.25) is 9.59 Å². The third-order valence-corrected chi connectivity index (χ3v) is 4.60. The fraction of sp³-hybridized carbons (Fsp3) is 0.167. The summed E-state index contributed by atoms with van der Waals surface area (Å²) in [6.45, 7) is 0. The third-order valence-electron chi connectivity index (χ3n) is 4.60. The van der Waals surface area contributed by atoms with E-state index in [0.29, 0.717) is 18.2 Å². The van der Waals surface area contributed by atoms with Crippen LogP contribution in [0.3, 0.4) is 0 Å². The van der Waals surface area contributed by atoms with E-state index in [2.05, 4.69) is 0 Å². The molecule has 154 valence electrons. The summed E-state index contributed by atoms with van der Waals surface area (Å²) in [5.41, 5.74) is 1.44. The van der Waals surface area contributed by atoms with E-state index in [1.165, 1.54) is 11.9 Å². The van der Waals surface area contributed by atoms with Crippen LogP contribution in [0.1, 0.15) is 23.7 Å². The molecule has 0 aromatic heterocycles. The Bertz CT molecular complexity index is 989. The summed E-state index contributed by atoms with van der Waals surface area (Å²) in [6, 6.07) is 20.7. The zero-order chi connectivity index (χ0) is 21.5. The molecule has 0 spiro atoms. The van der Waals surface area contributed by atoms with Crippen LogP contribution in [0.15, 0.2) is 78.9 Å². The number of carbonyl (C=O) groups is 2. The molecule has 0 aliphatic rings. The quantitative estimate of drug-likeness (QED) is 0.525. The van der Waals surface area contributed by atoms with Gasteiger partial charge in [-0.05, 0) is 36.2 Å². The first-order valence-electron chi connectivity index (χ1n) is 9.46. The van der Waals surface area contributed by atoms with Gasteiger partial charge in [-0.25, -0.2) is 8.78 Å². The number of esters is 1.